The molecule has 1 aliphatic rings. The number of allylic oxidation sites excluding steroid dienone is 1. The second-order valence-corrected chi connectivity index (χ2v) is 9.98. The van der Waals surface area contributed by atoms with Crippen LogP contribution >= 0.6 is 22.9 Å². The van der Waals surface area contributed by atoms with Crippen LogP contribution in [0.3, 0.4) is 0 Å². The lowest BCUT2D eigenvalue weighted by Crippen LogP contribution is -2.40. The number of halogens is 1. The van der Waals surface area contributed by atoms with Crippen LogP contribution in [0.15, 0.2) is 69.6 Å². The number of unbranched alkanes of at least 4 members (excludes halogenated alkanes) is 1. The van der Waals surface area contributed by atoms with E-state index in [2.05, 4.69) is 11.9 Å². The number of thiazole rings is 1. The van der Waals surface area contributed by atoms with Gasteiger partial charge in [-0.3, -0.25) is 9.36 Å². The first-order valence-corrected chi connectivity index (χ1v) is 13.3. The first-order chi connectivity index (χ1) is 17.9. The highest BCUT2D eigenvalue weighted by molar-refractivity contribution is 7.07. The molecule has 1 aliphatic heterocycles. The van der Waals surface area contributed by atoms with E-state index < -0.39 is 12.0 Å². The van der Waals surface area contributed by atoms with E-state index in [9.17, 15) is 9.59 Å². The fraction of sp³-hybridized carbons (Fsp3) is 0.321. The summed E-state index contributed by atoms with van der Waals surface area (Å²) in [4.78, 5) is 32.0. The minimum Gasteiger partial charge on any atom is -0.494 e. The molecule has 1 unspecified atom stereocenters. The fourth-order valence-corrected chi connectivity index (χ4v) is 5.19. The molecular weight excluding hydrogens is 512 g/mol. The summed E-state index contributed by atoms with van der Waals surface area (Å²) in [5.74, 6) is 0.218. The number of carbonyl (C=O) groups is 1. The van der Waals surface area contributed by atoms with E-state index in [1.54, 1.807) is 23.6 Å². The molecule has 0 aliphatic carbocycles. The van der Waals surface area contributed by atoms with Gasteiger partial charge in [-0.05, 0) is 54.8 Å². The Labute approximate surface area is 224 Å². The topological polar surface area (TPSA) is 79.1 Å². The first kappa shape index (κ1) is 26.9. The van der Waals surface area contributed by atoms with Crippen molar-refractivity contribution < 1.29 is 19.0 Å². The maximum absolute atomic E-state index is 13.7. The van der Waals surface area contributed by atoms with Gasteiger partial charge in [0.05, 0.1) is 35.1 Å². The summed E-state index contributed by atoms with van der Waals surface area (Å²) in [6.45, 7) is 4.88. The molecule has 1 atom stereocenters. The van der Waals surface area contributed by atoms with Crippen molar-refractivity contribution in [2.45, 2.75) is 32.7 Å². The van der Waals surface area contributed by atoms with Crippen molar-refractivity contribution in [1.29, 1.82) is 0 Å². The van der Waals surface area contributed by atoms with Gasteiger partial charge in [-0.1, -0.05) is 60.5 Å². The van der Waals surface area contributed by atoms with Crippen molar-refractivity contribution in [3.8, 4) is 5.75 Å². The van der Waals surface area contributed by atoms with Crippen LogP contribution in [0.2, 0.25) is 5.02 Å². The Hall–Kier alpha value is -3.20. The normalized spacial score (nSPS) is 15.4. The largest absolute Gasteiger partial charge is 0.494 e. The van der Waals surface area contributed by atoms with Gasteiger partial charge in [0.15, 0.2) is 4.80 Å². The number of carbonyl (C=O) groups excluding carboxylic acids is 1. The number of benzene rings is 2. The van der Waals surface area contributed by atoms with Gasteiger partial charge in [0.1, 0.15) is 12.4 Å². The van der Waals surface area contributed by atoms with Crippen LogP contribution in [-0.4, -0.2) is 37.5 Å². The van der Waals surface area contributed by atoms with Gasteiger partial charge in [-0.2, -0.15) is 0 Å². The monoisotopic (exact) mass is 540 g/mol. The van der Waals surface area contributed by atoms with Gasteiger partial charge >= 0.3 is 5.97 Å². The van der Waals surface area contributed by atoms with Gasteiger partial charge in [-0.25, -0.2) is 9.79 Å². The summed E-state index contributed by atoms with van der Waals surface area (Å²) in [5, 5.41) is 0.558. The van der Waals surface area contributed by atoms with Crippen molar-refractivity contribution in [2.24, 2.45) is 4.99 Å². The van der Waals surface area contributed by atoms with Crippen LogP contribution < -0.4 is 19.6 Å². The standard InChI is InChI=1S/C28H29ClN2O5S/c1-4-5-13-35-22-8-6-7-19(16-22)17-23-26(32)31-25(20-9-11-21(29)12-10-20)24(18(2)30-28(31)37-23)27(33)36-15-14-34-3/h6-12,16-17,25H,4-5,13-15H2,1-3H3. The zero-order valence-corrected chi connectivity index (χ0v) is 22.6. The second kappa shape index (κ2) is 12.4. The number of fused-ring (bicyclic) bond motifs is 1. The number of nitrogens with zero attached hydrogens (tertiary/aromatic N) is 2. The summed E-state index contributed by atoms with van der Waals surface area (Å²) in [7, 11) is 1.53. The maximum Gasteiger partial charge on any atom is 0.338 e. The minimum atomic E-state index is -0.700. The minimum absolute atomic E-state index is 0.0978. The molecule has 0 bridgehead atoms. The van der Waals surface area contributed by atoms with Crippen LogP contribution in [-0.2, 0) is 14.3 Å². The molecule has 37 heavy (non-hydrogen) atoms. The third kappa shape index (κ3) is 6.21. The van der Waals surface area contributed by atoms with Crippen LogP contribution in [0.4, 0.5) is 0 Å². The van der Waals surface area contributed by atoms with Gasteiger partial charge in [0.25, 0.3) is 5.56 Å². The summed E-state index contributed by atoms with van der Waals surface area (Å²) in [6.07, 6.45) is 3.85. The van der Waals surface area contributed by atoms with E-state index in [1.165, 1.54) is 18.4 Å². The van der Waals surface area contributed by atoms with E-state index in [-0.39, 0.29) is 18.8 Å². The number of aromatic nitrogens is 1. The lowest BCUT2D eigenvalue weighted by Gasteiger charge is -2.24. The van der Waals surface area contributed by atoms with Crippen LogP contribution in [0.1, 0.15) is 43.9 Å². The molecule has 0 saturated heterocycles. The van der Waals surface area contributed by atoms with E-state index in [0.29, 0.717) is 32.2 Å². The van der Waals surface area contributed by atoms with E-state index in [1.807, 2.05) is 42.5 Å². The third-order valence-electron chi connectivity index (χ3n) is 5.87. The van der Waals surface area contributed by atoms with Crippen molar-refractivity contribution in [1.82, 2.24) is 4.57 Å². The van der Waals surface area contributed by atoms with Crippen molar-refractivity contribution in [2.75, 3.05) is 26.9 Å². The zero-order chi connectivity index (χ0) is 26.4. The molecule has 7 nitrogen and oxygen atoms in total. The smallest absolute Gasteiger partial charge is 0.338 e. The van der Waals surface area contributed by atoms with E-state index in [4.69, 9.17) is 25.8 Å². The number of hydrogen-bond acceptors (Lipinski definition) is 7. The van der Waals surface area contributed by atoms with Crippen LogP contribution in [0.25, 0.3) is 6.08 Å². The highest BCUT2D eigenvalue weighted by Gasteiger charge is 2.33. The number of ether oxygens (including phenoxy) is 3. The van der Waals surface area contributed by atoms with Crippen molar-refractivity contribution >= 4 is 35.0 Å². The van der Waals surface area contributed by atoms with Crippen molar-refractivity contribution in [3.05, 3.63) is 95.6 Å². The lowest BCUT2D eigenvalue weighted by molar-refractivity contribution is -0.140. The average Bonchev–Trinajstić information content (AvgIpc) is 3.18. The molecule has 194 valence electrons. The van der Waals surface area contributed by atoms with Gasteiger partial charge < -0.3 is 14.2 Å². The van der Waals surface area contributed by atoms with Gasteiger partial charge in [0.2, 0.25) is 0 Å². The Bertz CT molecular complexity index is 1470. The molecule has 2 heterocycles. The van der Waals surface area contributed by atoms with Crippen LogP contribution in [0, 0.1) is 0 Å². The predicted molar refractivity (Wildman–Crippen MR) is 145 cm³/mol. The molecule has 3 aromatic rings. The molecule has 4 rings (SSSR count). The Morgan fingerprint density at radius 1 is 1.16 bits per heavy atom. The number of hydrogen-bond donors (Lipinski definition) is 0. The second-order valence-electron chi connectivity index (χ2n) is 8.54. The Morgan fingerprint density at radius 3 is 2.68 bits per heavy atom. The molecule has 0 spiro atoms. The number of rotatable bonds is 10. The maximum atomic E-state index is 13.7. The SMILES string of the molecule is CCCCOc1cccc(C=c2sc3n(c2=O)C(c2ccc(Cl)cc2)C(C(=O)OCCOC)=C(C)N=3)c1. The van der Waals surface area contributed by atoms with E-state index in [0.717, 1.165) is 29.7 Å². The summed E-state index contributed by atoms with van der Waals surface area (Å²) in [6, 6.07) is 14.0. The molecule has 0 radical (unpaired) electrons. The summed E-state index contributed by atoms with van der Waals surface area (Å²) >= 11 is 7.40. The van der Waals surface area contributed by atoms with Crippen LogP contribution in [0.5, 0.6) is 5.75 Å². The molecule has 0 N–H and O–H groups in total. The number of methoxy groups -OCH3 is 1. The Kier molecular flexibility index (Phi) is 8.97. The summed E-state index contributed by atoms with van der Waals surface area (Å²) < 4.78 is 18.3. The molecule has 0 amide bonds. The van der Waals surface area contributed by atoms with Gasteiger partial charge in [-0.15, -0.1) is 0 Å². The molecule has 1 aromatic heterocycles. The Morgan fingerprint density at radius 2 is 1.95 bits per heavy atom. The quantitative estimate of drug-likeness (QED) is 0.284. The zero-order valence-electron chi connectivity index (χ0n) is 21.0. The predicted octanol–water partition coefficient (Wildman–Crippen LogP) is 4.26. The molecular formula is C28H29ClN2O5S. The highest BCUT2D eigenvalue weighted by atomic mass is 35.5. The lowest BCUT2D eigenvalue weighted by atomic mass is 9.96. The molecule has 2 aromatic carbocycles. The van der Waals surface area contributed by atoms with Crippen molar-refractivity contribution in [3.63, 3.8) is 0 Å². The molecule has 0 saturated carbocycles. The Balaban J connectivity index is 1.79. The fourth-order valence-electron chi connectivity index (χ4n) is 4.02. The van der Waals surface area contributed by atoms with Gasteiger partial charge in [0, 0.05) is 12.1 Å². The molecule has 9 heteroatoms. The molecule has 0 fully saturated rings. The number of esters is 1. The summed E-state index contributed by atoms with van der Waals surface area (Å²) in [5.41, 5.74) is 2.15. The average molecular weight is 541 g/mol. The van der Waals surface area contributed by atoms with E-state index >= 15 is 0 Å². The first-order valence-electron chi connectivity index (χ1n) is 12.1. The third-order valence-corrected chi connectivity index (χ3v) is 7.11. The highest BCUT2D eigenvalue weighted by Crippen LogP contribution is 2.31.